The minimum atomic E-state index is -1.08. The molecule has 209 valence electrons. The van der Waals surface area contributed by atoms with E-state index in [-0.39, 0.29) is 40.4 Å². The van der Waals surface area contributed by atoms with Crippen LogP contribution >= 0.6 is 0 Å². The zero-order chi connectivity index (χ0) is 28.1. The minimum absolute atomic E-state index is 0. The van der Waals surface area contributed by atoms with Gasteiger partial charge >= 0.3 is 16.8 Å². The summed E-state index contributed by atoms with van der Waals surface area (Å²) >= 11 is 0. The summed E-state index contributed by atoms with van der Waals surface area (Å²) in [5, 5.41) is 38.1. The van der Waals surface area contributed by atoms with Gasteiger partial charge in [0.25, 0.3) is 0 Å². The summed E-state index contributed by atoms with van der Waals surface area (Å²) in [6, 6.07) is 11.6. The van der Waals surface area contributed by atoms with Crippen molar-refractivity contribution in [2.75, 3.05) is 0 Å². The Morgan fingerprint density at radius 3 is 1.39 bits per heavy atom. The molecule has 8 nitrogen and oxygen atoms in total. The Balaban J connectivity index is 0.00000134. The standard InChI is InChI=1S/C25H32N2O2.2C2H4O2.Co/c1-16(2)18-8-10-24(28)20(12-18)14-26-22-6-5-7-23(22)27-15-21-13-19(17(3)4)9-11-25(21)29;2*1-2(3)4;/h8-17,22-23,28-29H,5-7H2,1-4H3;2*1H3,(H,3,4);/q;;;+2/p-2. The number of carboxylic acids is 2. The van der Waals surface area contributed by atoms with Gasteiger partial charge in [-0.25, -0.2) is 0 Å². The first-order valence-electron chi connectivity index (χ1n) is 12.4. The second-order valence-corrected chi connectivity index (χ2v) is 9.55. The fourth-order valence-electron chi connectivity index (χ4n) is 3.69. The molecular formula is C29H38CoN2O6. The van der Waals surface area contributed by atoms with E-state index < -0.39 is 11.9 Å². The van der Waals surface area contributed by atoms with Gasteiger partial charge in [0, 0.05) is 35.5 Å². The second-order valence-electron chi connectivity index (χ2n) is 9.55. The first-order chi connectivity index (χ1) is 17.3. The minimum Gasteiger partial charge on any atom is -0.550 e. The maximum absolute atomic E-state index is 10.2. The van der Waals surface area contributed by atoms with Crippen LogP contribution in [0.25, 0.3) is 0 Å². The number of aliphatic carboxylic acids is 2. The number of benzene rings is 2. The monoisotopic (exact) mass is 569 g/mol. The van der Waals surface area contributed by atoms with Crippen molar-refractivity contribution in [3.63, 3.8) is 0 Å². The van der Waals surface area contributed by atoms with Gasteiger partial charge in [-0.2, -0.15) is 0 Å². The van der Waals surface area contributed by atoms with Crippen LogP contribution in [0.15, 0.2) is 46.4 Å². The molecule has 0 bridgehead atoms. The van der Waals surface area contributed by atoms with E-state index in [1.54, 1.807) is 24.6 Å². The van der Waals surface area contributed by atoms with Gasteiger partial charge in [0.2, 0.25) is 0 Å². The van der Waals surface area contributed by atoms with E-state index in [0.29, 0.717) is 11.8 Å². The number of aromatic hydroxyl groups is 2. The van der Waals surface area contributed by atoms with E-state index in [2.05, 4.69) is 27.7 Å². The van der Waals surface area contributed by atoms with Crippen LogP contribution in [0.1, 0.15) is 94.9 Å². The van der Waals surface area contributed by atoms with Crippen LogP contribution in [-0.2, 0) is 26.4 Å². The molecule has 1 aliphatic carbocycles. The van der Waals surface area contributed by atoms with Gasteiger partial charge in [-0.1, -0.05) is 39.8 Å². The Labute approximate surface area is 235 Å². The summed E-state index contributed by atoms with van der Waals surface area (Å²) in [6.07, 6.45) is 6.63. The molecule has 1 saturated carbocycles. The van der Waals surface area contributed by atoms with Gasteiger partial charge in [0.1, 0.15) is 11.5 Å². The first-order valence-corrected chi connectivity index (χ1v) is 12.4. The summed E-state index contributed by atoms with van der Waals surface area (Å²) in [6.45, 7) is 10.5. The topological polar surface area (TPSA) is 145 Å². The van der Waals surface area contributed by atoms with Gasteiger partial charge in [-0.3, -0.25) is 9.98 Å². The predicted octanol–water partition coefficient (Wildman–Crippen LogP) is 3.31. The van der Waals surface area contributed by atoms with Crippen molar-refractivity contribution in [2.24, 2.45) is 9.98 Å². The third-order valence-electron chi connectivity index (χ3n) is 5.69. The smallest absolute Gasteiger partial charge is 0.550 e. The van der Waals surface area contributed by atoms with Crippen molar-refractivity contribution in [1.82, 2.24) is 0 Å². The molecule has 1 fully saturated rings. The van der Waals surface area contributed by atoms with Crippen LogP contribution in [-0.4, -0.2) is 46.7 Å². The number of phenols is 2. The number of carboxylic acid groups (broad SMARTS) is 2. The molecule has 9 heteroatoms. The molecule has 0 aliphatic heterocycles. The van der Waals surface area contributed by atoms with Crippen molar-refractivity contribution in [3.8, 4) is 11.5 Å². The molecule has 2 aromatic carbocycles. The maximum atomic E-state index is 10.2. The number of aliphatic imine (C=N–C) groups is 2. The molecule has 0 heterocycles. The summed E-state index contributed by atoms with van der Waals surface area (Å²) in [4.78, 5) is 27.3. The van der Waals surface area contributed by atoms with Gasteiger partial charge in [-0.05, 0) is 80.3 Å². The molecule has 1 radical (unpaired) electrons. The van der Waals surface area contributed by atoms with Crippen molar-refractivity contribution < 1.29 is 46.8 Å². The molecule has 2 atom stereocenters. The average Bonchev–Trinajstić information content (AvgIpc) is 3.24. The molecule has 2 N–H and O–H groups in total. The zero-order valence-electron chi connectivity index (χ0n) is 22.8. The molecule has 38 heavy (non-hydrogen) atoms. The number of nitrogens with zero attached hydrogens (tertiary/aromatic N) is 2. The fraction of sp³-hybridized carbons (Fsp3) is 0.448. The summed E-state index contributed by atoms with van der Waals surface area (Å²) in [5.41, 5.74) is 3.89. The molecule has 0 saturated heterocycles. The number of rotatable bonds is 6. The third-order valence-corrected chi connectivity index (χ3v) is 5.69. The third kappa shape index (κ3) is 12.9. The van der Waals surface area contributed by atoms with Crippen LogP contribution in [0, 0.1) is 0 Å². The molecule has 1 aliphatic rings. The fourth-order valence-corrected chi connectivity index (χ4v) is 3.69. The van der Waals surface area contributed by atoms with Crippen LogP contribution in [0.3, 0.4) is 0 Å². The predicted molar refractivity (Wildman–Crippen MR) is 142 cm³/mol. The van der Waals surface area contributed by atoms with Gasteiger partial charge in [0.05, 0.1) is 12.1 Å². The van der Waals surface area contributed by atoms with Crippen LogP contribution < -0.4 is 10.2 Å². The quantitative estimate of drug-likeness (QED) is 0.511. The Kier molecular flexibility index (Phi) is 15.9. The van der Waals surface area contributed by atoms with Crippen LogP contribution in [0.2, 0.25) is 0 Å². The molecule has 2 unspecified atom stereocenters. The molecule has 0 aromatic heterocycles. The van der Waals surface area contributed by atoms with Crippen molar-refractivity contribution in [1.29, 1.82) is 0 Å². The zero-order valence-corrected chi connectivity index (χ0v) is 23.8. The Morgan fingerprint density at radius 1 is 0.789 bits per heavy atom. The summed E-state index contributed by atoms with van der Waals surface area (Å²) in [5.74, 6) is -0.847. The van der Waals surface area contributed by atoms with Crippen molar-refractivity contribution in [2.45, 2.75) is 84.7 Å². The van der Waals surface area contributed by atoms with Gasteiger partial charge in [-0.15, -0.1) is 0 Å². The Morgan fingerprint density at radius 2 is 1.11 bits per heavy atom. The SMILES string of the molecule is CC(=O)[O-].CC(=O)[O-].CC(C)c1ccc(O)c(C=NC2CCCC2N=Cc2cc(C(C)C)ccc2O)c1.[Co+2]. The number of carbonyl (C=O) groups excluding carboxylic acids is 2. The summed E-state index contributed by atoms with van der Waals surface area (Å²) in [7, 11) is 0. The largest absolute Gasteiger partial charge is 2.00 e. The van der Waals surface area contributed by atoms with E-state index in [4.69, 9.17) is 29.8 Å². The number of phenolic OH excluding ortho intramolecular Hbond substituents is 2. The van der Waals surface area contributed by atoms with E-state index in [1.165, 1.54) is 11.1 Å². The van der Waals surface area contributed by atoms with Gasteiger partial charge in [0.15, 0.2) is 0 Å². The molecule has 0 spiro atoms. The second kappa shape index (κ2) is 17.4. The molecule has 2 aromatic rings. The first kappa shape index (κ1) is 34.8. The number of hydrogen-bond acceptors (Lipinski definition) is 8. The Hall–Kier alpha value is -3.17. The van der Waals surface area contributed by atoms with E-state index in [9.17, 15) is 10.2 Å². The van der Waals surface area contributed by atoms with Gasteiger partial charge < -0.3 is 30.0 Å². The number of hydrogen-bond donors (Lipinski definition) is 2. The normalized spacial score (nSPS) is 16.5. The Bertz CT molecular complexity index is 1000. The van der Waals surface area contributed by atoms with Crippen molar-refractivity contribution in [3.05, 3.63) is 58.7 Å². The molecular weight excluding hydrogens is 531 g/mol. The average molecular weight is 570 g/mol. The maximum Gasteiger partial charge on any atom is 2.00 e. The summed E-state index contributed by atoms with van der Waals surface area (Å²) < 4.78 is 0. The van der Waals surface area contributed by atoms with Crippen molar-refractivity contribution >= 4 is 24.4 Å². The molecule has 0 amide bonds. The van der Waals surface area contributed by atoms with E-state index >= 15 is 0 Å². The van der Waals surface area contributed by atoms with E-state index in [1.807, 2.05) is 24.3 Å². The van der Waals surface area contributed by atoms with Crippen LogP contribution in [0.4, 0.5) is 0 Å². The van der Waals surface area contributed by atoms with Crippen LogP contribution in [0.5, 0.6) is 11.5 Å². The number of carbonyl (C=O) groups is 2. The van der Waals surface area contributed by atoms with E-state index in [0.717, 1.165) is 44.2 Å². The molecule has 3 rings (SSSR count).